The van der Waals surface area contributed by atoms with Crippen LogP contribution >= 0.6 is 0 Å². The number of hydrogen-bond acceptors (Lipinski definition) is 6. The van der Waals surface area contributed by atoms with E-state index in [1.165, 1.54) is 0 Å². The van der Waals surface area contributed by atoms with Crippen LogP contribution in [-0.2, 0) is 18.7 Å². The molecule has 1 aliphatic carbocycles. The minimum absolute atomic E-state index is 0.142. The van der Waals surface area contributed by atoms with Gasteiger partial charge in [0, 0.05) is 31.3 Å². The quantitative estimate of drug-likeness (QED) is 0.0606. The molecule has 48 heavy (non-hydrogen) atoms. The summed E-state index contributed by atoms with van der Waals surface area (Å²) in [6, 6.07) is 38.9. The second-order valence-corrected chi connectivity index (χ2v) is 17.9. The molecule has 250 valence electrons. The summed E-state index contributed by atoms with van der Waals surface area (Å²) in [5, 5.41) is 2.08. The van der Waals surface area contributed by atoms with Crippen molar-refractivity contribution in [1.29, 1.82) is 0 Å². The van der Waals surface area contributed by atoms with Gasteiger partial charge in [0.15, 0.2) is 0 Å². The summed E-state index contributed by atoms with van der Waals surface area (Å²) in [5.74, 6) is -1.20. The van der Waals surface area contributed by atoms with Gasteiger partial charge in [-0.2, -0.15) is 0 Å². The van der Waals surface area contributed by atoms with Crippen molar-refractivity contribution < 1.29 is 28.3 Å². The Bertz CT molecular complexity index is 1570. The van der Waals surface area contributed by atoms with Crippen molar-refractivity contribution >= 4 is 36.9 Å². The molecule has 1 aliphatic rings. The van der Waals surface area contributed by atoms with Crippen LogP contribution in [0.5, 0.6) is 0 Å². The molecule has 0 amide bonds. The van der Waals surface area contributed by atoms with E-state index in [0.29, 0.717) is 37.0 Å². The normalized spacial score (nSPS) is 19.4. The summed E-state index contributed by atoms with van der Waals surface area (Å²) in [4.78, 5) is 38.1. The first-order chi connectivity index (χ1) is 23.2. The van der Waals surface area contributed by atoms with E-state index in [0.717, 1.165) is 29.5 Å². The Balaban J connectivity index is 1.53. The van der Waals surface area contributed by atoms with Gasteiger partial charge in [-0.15, -0.1) is 0 Å². The predicted octanol–water partition coefficient (Wildman–Crippen LogP) is 7.41. The predicted molar refractivity (Wildman–Crippen MR) is 191 cm³/mol. The highest BCUT2D eigenvalue weighted by Crippen LogP contribution is 2.43. The summed E-state index contributed by atoms with van der Waals surface area (Å²) in [7, 11) is -2.93. The maximum absolute atomic E-state index is 13.5. The maximum Gasteiger partial charge on any atom is 0.338 e. The number of rotatable bonds is 14. The molecule has 0 unspecified atom stereocenters. The first-order valence-corrected chi connectivity index (χ1v) is 18.9. The van der Waals surface area contributed by atoms with E-state index in [1.807, 2.05) is 48.5 Å². The Kier molecular flexibility index (Phi) is 11.8. The van der Waals surface area contributed by atoms with Crippen LogP contribution in [0.1, 0.15) is 73.6 Å². The van der Waals surface area contributed by atoms with Crippen LogP contribution in [0.2, 0.25) is 5.04 Å². The van der Waals surface area contributed by atoms with Gasteiger partial charge in [0.25, 0.3) is 8.32 Å². The molecule has 6 nitrogen and oxygen atoms in total. The van der Waals surface area contributed by atoms with E-state index in [1.54, 1.807) is 24.3 Å². The van der Waals surface area contributed by atoms with Crippen LogP contribution in [-0.4, -0.2) is 45.4 Å². The highest BCUT2D eigenvalue weighted by molar-refractivity contribution is 6.99. The number of aldehydes is 1. The summed E-state index contributed by atoms with van der Waals surface area (Å²) < 4.78 is 20.0. The Morgan fingerprint density at radius 3 is 1.54 bits per heavy atom. The lowest BCUT2D eigenvalue weighted by atomic mass is 9.89. The molecule has 4 atom stereocenters. The van der Waals surface area contributed by atoms with Gasteiger partial charge in [-0.3, -0.25) is 0 Å². The summed E-state index contributed by atoms with van der Waals surface area (Å²) in [5.41, 5.74) is 0.943. The summed E-state index contributed by atoms with van der Waals surface area (Å²) in [6.45, 7) is 7.03. The van der Waals surface area contributed by atoms with Crippen LogP contribution < -0.4 is 10.4 Å². The number of hydrogen-bond donors (Lipinski definition) is 0. The molecule has 4 aromatic carbocycles. The molecular formula is C41H46O6Si. The van der Waals surface area contributed by atoms with Gasteiger partial charge in [-0.25, -0.2) is 9.59 Å². The lowest BCUT2D eigenvalue weighted by molar-refractivity contribution is -0.108. The van der Waals surface area contributed by atoms with E-state index >= 15 is 0 Å². The molecule has 0 aromatic heterocycles. The molecule has 1 fully saturated rings. The first-order valence-electron chi connectivity index (χ1n) is 17.0. The van der Waals surface area contributed by atoms with Crippen molar-refractivity contribution in [2.75, 3.05) is 6.61 Å². The average molecular weight is 663 g/mol. The Morgan fingerprint density at radius 2 is 1.10 bits per heavy atom. The Hall–Kier alpha value is -4.33. The van der Waals surface area contributed by atoms with E-state index in [2.05, 4.69) is 69.3 Å². The van der Waals surface area contributed by atoms with Crippen molar-refractivity contribution in [2.24, 2.45) is 11.8 Å². The van der Waals surface area contributed by atoms with E-state index in [9.17, 15) is 14.4 Å². The highest BCUT2D eigenvalue weighted by Gasteiger charge is 2.53. The number of benzene rings is 4. The Morgan fingerprint density at radius 1 is 0.667 bits per heavy atom. The molecule has 5 rings (SSSR count). The van der Waals surface area contributed by atoms with Crippen LogP contribution in [0.3, 0.4) is 0 Å². The van der Waals surface area contributed by atoms with Crippen molar-refractivity contribution in [1.82, 2.24) is 0 Å². The zero-order valence-electron chi connectivity index (χ0n) is 28.1. The zero-order chi connectivity index (χ0) is 34.0. The molecular weight excluding hydrogens is 617 g/mol. The molecule has 0 N–H and O–H groups in total. The second-order valence-electron chi connectivity index (χ2n) is 13.6. The van der Waals surface area contributed by atoms with Crippen molar-refractivity contribution in [3.05, 3.63) is 132 Å². The van der Waals surface area contributed by atoms with E-state index < -0.39 is 32.5 Å². The van der Waals surface area contributed by atoms with Gasteiger partial charge in [-0.05, 0) is 52.5 Å². The fourth-order valence-corrected chi connectivity index (χ4v) is 11.8. The third-order valence-corrected chi connectivity index (χ3v) is 14.5. The molecule has 0 aliphatic heterocycles. The molecule has 0 radical (unpaired) electrons. The molecule has 0 saturated heterocycles. The number of carbonyl (C=O) groups is 3. The third kappa shape index (κ3) is 8.02. The van der Waals surface area contributed by atoms with Crippen molar-refractivity contribution in [3.8, 4) is 0 Å². The summed E-state index contributed by atoms with van der Waals surface area (Å²) in [6.07, 6.45) is 2.95. The Labute approximate surface area is 285 Å². The standard InChI is InChI=1S/C41H46O6Si/c1-41(2,3)48(33-23-13-6-14-24-33,34-25-15-7-16-26-34)45-30-36-35(27-17-8-18-28-42)37(46-39(43)31-19-9-4-10-20-31)29-38(36)47-40(44)32-21-11-5-12-22-32/h4-7,9-16,19-26,28,35-38H,8,17-18,27,29-30H2,1-3H3/t35-,36+,37-,38+/m1/s1. The van der Waals surface area contributed by atoms with Crippen molar-refractivity contribution in [3.63, 3.8) is 0 Å². The second kappa shape index (κ2) is 16.2. The van der Waals surface area contributed by atoms with Gasteiger partial charge >= 0.3 is 11.9 Å². The van der Waals surface area contributed by atoms with Crippen LogP contribution in [0, 0.1) is 11.8 Å². The number of unbranched alkanes of at least 4 members (excludes halogenated alkanes) is 2. The van der Waals surface area contributed by atoms with Crippen LogP contribution in [0.4, 0.5) is 0 Å². The molecule has 0 heterocycles. The molecule has 7 heteroatoms. The van der Waals surface area contributed by atoms with Gasteiger partial charge in [0.05, 0.1) is 11.1 Å². The third-order valence-electron chi connectivity index (χ3n) is 9.52. The average Bonchev–Trinajstić information content (AvgIpc) is 3.42. The fraction of sp³-hybridized carbons (Fsp3) is 0.341. The number of esters is 2. The molecule has 0 spiro atoms. The maximum atomic E-state index is 13.5. The zero-order valence-corrected chi connectivity index (χ0v) is 29.1. The molecule has 1 saturated carbocycles. The topological polar surface area (TPSA) is 78.9 Å². The lowest BCUT2D eigenvalue weighted by Gasteiger charge is -2.44. The number of carbonyl (C=O) groups excluding carboxylic acids is 3. The van der Waals surface area contributed by atoms with Gasteiger partial charge in [0.2, 0.25) is 0 Å². The number of ether oxygens (including phenoxy) is 2. The fourth-order valence-electron chi connectivity index (χ4n) is 7.18. The van der Waals surface area contributed by atoms with Crippen LogP contribution in [0.15, 0.2) is 121 Å². The first kappa shape index (κ1) is 35.0. The molecule has 0 bridgehead atoms. The van der Waals surface area contributed by atoms with Gasteiger partial charge in [-0.1, -0.05) is 124 Å². The largest absolute Gasteiger partial charge is 0.458 e. The van der Waals surface area contributed by atoms with Crippen LogP contribution in [0.25, 0.3) is 0 Å². The van der Waals surface area contributed by atoms with Crippen molar-refractivity contribution in [2.45, 2.75) is 70.1 Å². The minimum Gasteiger partial charge on any atom is -0.458 e. The lowest BCUT2D eigenvalue weighted by Crippen LogP contribution is -2.67. The molecule has 4 aromatic rings. The SMILES string of the molecule is CC(C)(C)[Si](OC[C@H]1[C@@H](CCCCC=O)[C@H](OC(=O)c2ccccc2)C[C@@H]1OC(=O)c1ccccc1)(c1ccccc1)c1ccccc1. The minimum atomic E-state index is -2.93. The van der Waals surface area contributed by atoms with Gasteiger partial charge in [0.1, 0.15) is 18.5 Å². The highest BCUT2D eigenvalue weighted by atomic mass is 28.4. The van der Waals surface area contributed by atoms with E-state index in [4.69, 9.17) is 13.9 Å². The summed E-state index contributed by atoms with van der Waals surface area (Å²) >= 11 is 0. The van der Waals surface area contributed by atoms with E-state index in [-0.39, 0.29) is 16.9 Å². The monoisotopic (exact) mass is 662 g/mol. The smallest absolute Gasteiger partial charge is 0.338 e. The van der Waals surface area contributed by atoms with Gasteiger partial charge < -0.3 is 18.7 Å².